The second kappa shape index (κ2) is 7.54. The third-order valence-corrected chi connectivity index (χ3v) is 4.08. The maximum absolute atomic E-state index is 5.52. The number of hydrogen-bond acceptors (Lipinski definition) is 2. The molecule has 2 unspecified atom stereocenters. The molecule has 2 atom stereocenters. The van der Waals surface area contributed by atoms with Crippen LogP contribution >= 0.6 is 0 Å². The lowest BCUT2D eigenvalue weighted by Gasteiger charge is -2.21. The predicted octanol–water partition coefficient (Wildman–Crippen LogP) is 4.11. The van der Waals surface area contributed by atoms with Gasteiger partial charge in [-0.05, 0) is 56.3 Å². The Morgan fingerprint density at radius 2 is 1.84 bits per heavy atom. The molecule has 1 N–H and O–H groups in total. The quantitative estimate of drug-likeness (QED) is 0.805. The van der Waals surface area contributed by atoms with Gasteiger partial charge in [0.25, 0.3) is 0 Å². The fourth-order valence-electron chi connectivity index (χ4n) is 3.14. The van der Waals surface area contributed by atoms with Gasteiger partial charge in [-0.3, -0.25) is 0 Å². The van der Waals surface area contributed by atoms with E-state index >= 15 is 0 Å². The van der Waals surface area contributed by atoms with Crippen LogP contribution in [0.25, 0.3) is 0 Å². The summed E-state index contributed by atoms with van der Waals surface area (Å²) in [5.41, 5.74) is 1.48. The summed E-state index contributed by atoms with van der Waals surface area (Å²) >= 11 is 0. The van der Waals surface area contributed by atoms with Crippen LogP contribution in [-0.2, 0) is 0 Å². The molecule has 1 aromatic rings. The van der Waals surface area contributed by atoms with Crippen molar-refractivity contribution in [2.24, 2.45) is 0 Å². The highest BCUT2D eigenvalue weighted by atomic mass is 16.5. The van der Waals surface area contributed by atoms with Crippen LogP contribution in [0.4, 0.5) is 0 Å². The van der Waals surface area contributed by atoms with Gasteiger partial charge in [0, 0.05) is 6.04 Å². The molecule has 0 aromatic heterocycles. The van der Waals surface area contributed by atoms with Gasteiger partial charge in [-0.15, -0.1) is 0 Å². The van der Waals surface area contributed by atoms with Crippen molar-refractivity contribution in [3.63, 3.8) is 0 Å². The predicted molar refractivity (Wildman–Crippen MR) is 80.9 cm³/mol. The molecule has 0 heterocycles. The first-order valence-electron chi connectivity index (χ1n) is 7.79. The Kier molecular flexibility index (Phi) is 5.71. The number of ether oxygens (including phenoxy) is 1. The van der Waals surface area contributed by atoms with Crippen LogP contribution in [0, 0.1) is 0 Å². The van der Waals surface area contributed by atoms with E-state index in [2.05, 4.69) is 36.5 Å². The summed E-state index contributed by atoms with van der Waals surface area (Å²) in [5, 5.41) is 3.63. The van der Waals surface area contributed by atoms with Crippen LogP contribution in [0.15, 0.2) is 24.3 Å². The molecule has 2 heteroatoms. The maximum Gasteiger partial charge on any atom is 0.119 e. The van der Waals surface area contributed by atoms with Gasteiger partial charge in [-0.1, -0.05) is 31.9 Å². The van der Waals surface area contributed by atoms with E-state index in [1.165, 1.54) is 37.7 Å². The molecule has 1 aliphatic carbocycles. The molecule has 0 radical (unpaired) electrons. The van der Waals surface area contributed by atoms with Gasteiger partial charge in [0.2, 0.25) is 0 Å². The summed E-state index contributed by atoms with van der Waals surface area (Å²) in [6.07, 6.45) is 6.67. The van der Waals surface area contributed by atoms with Crippen molar-refractivity contribution in [3.05, 3.63) is 29.8 Å². The molecular weight excluding hydrogens is 234 g/mol. The Morgan fingerprint density at radius 3 is 2.53 bits per heavy atom. The largest absolute Gasteiger partial charge is 0.494 e. The molecule has 1 saturated carbocycles. The van der Waals surface area contributed by atoms with Crippen LogP contribution < -0.4 is 10.1 Å². The molecule has 19 heavy (non-hydrogen) atoms. The second-order valence-electron chi connectivity index (χ2n) is 5.47. The third-order valence-electron chi connectivity index (χ3n) is 4.08. The van der Waals surface area contributed by atoms with Crippen LogP contribution in [-0.4, -0.2) is 19.2 Å². The molecule has 0 spiro atoms. The van der Waals surface area contributed by atoms with Crippen molar-refractivity contribution < 1.29 is 4.74 Å². The van der Waals surface area contributed by atoms with E-state index in [4.69, 9.17) is 4.74 Å². The molecular formula is C17H27NO. The van der Waals surface area contributed by atoms with Gasteiger partial charge >= 0.3 is 0 Å². The van der Waals surface area contributed by atoms with Gasteiger partial charge in [-0.2, -0.15) is 0 Å². The molecule has 1 fully saturated rings. The number of rotatable bonds is 5. The minimum Gasteiger partial charge on any atom is -0.494 e. The molecule has 0 saturated heterocycles. The molecule has 0 bridgehead atoms. The lowest BCUT2D eigenvalue weighted by molar-refractivity contribution is 0.340. The minimum absolute atomic E-state index is 0.698. The summed E-state index contributed by atoms with van der Waals surface area (Å²) in [6.45, 7) is 6.06. The molecule has 2 rings (SSSR count). The Balaban J connectivity index is 2.01. The molecule has 0 amide bonds. The summed E-state index contributed by atoms with van der Waals surface area (Å²) in [4.78, 5) is 0. The van der Waals surface area contributed by atoms with E-state index in [9.17, 15) is 0 Å². The smallest absolute Gasteiger partial charge is 0.119 e. The summed E-state index contributed by atoms with van der Waals surface area (Å²) in [7, 11) is 0. The zero-order valence-corrected chi connectivity index (χ0v) is 12.3. The molecule has 1 aromatic carbocycles. The Bertz CT molecular complexity index is 360. The monoisotopic (exact) mass is 261 g/mol. The fraction of sp³-hybridized carbons (Fsp3) is 0.647. The van der Waals surface area contributed by atoms with Crippen LogP contribution in [0.1, 0.15) is 57.4 Å². The molecule has 2 nitrogen and oxygen atoms in total. The lowest BCUT2D eigenvalue weighted by Crippen LogP contribution is -2.29. The maximum atomic E-state index is 5.52. The number of benzene rings is 1. The Labute approximate surface area is 117 Å². The van der Waals surface area contributed by atoms with Gasteiger partial charge in [0.05, 0.1) is 6.61 Å². The van der Waals surface area contributed by atoms with Gasteiger partial charge < -0.3 is 10.1 Å². The van der Waals surface area contributed by atoms with Crippen molar-refractivity contribution in [2.45, 2.75) is 57.9 Å². The summed E-state index contributed by atoms with van der Waals surface area (Å²) < 4.78 is 5.52. The SMILES string of the molecule is CCNC1CCCCC(c2ccc(OCC)cc2)C1. The first-order chi connectivity index (χ1) is 9.33. The average Bonchev–Trinajstić information content (AvgIpc) is 2.66. The topological polar surface area (TPSA) is 21.3 Å². The zero-order chi connectivity index (χ0) is 13.5. The second-order valence-corrected chi connectivity index (χ2v) is 5.47. The van der Waals surface area contributed by atoms with Crippen molar-refractivity contribution in [3.8, 4) is 5.75 Å². The van der Waals surface area contributed by atoms with Crippen LogP contribution in [0.5, 0.6) is 5.75 Å². The van der Waals surface area contributed by atoms with E-state index in [1.54, 1.807) is 0 Å². The Hall–Kier alpha value is -1.02. The van der Waals surface area contributed by atoms with Crippen LogP contribution in [0.3, 0.4) is 0 Å². The van der Waals surface area contributed by atoms with Gasteiger partial charge in [0.15, 0.2) is 0 Å². The van der Waals surface area contributed by atoms with E-state index in [1.807, 2.05) is 6.92 Å². The highest BCUT2D eigenvalue weighted by molar-refractivity contribution is 5.29. The van der Waals surface area contributed by atoms with Gasteiger partial charge in [0.1, 0.15) is 5.75 Å². The first kappa shape index (κ1) is 14.4. The van der Waals surface area contributed by atoms with Crippen molar-refractivity contribution >= 4 is 0 Å². The first-order valence-corrected chi connectivity index (χ1v) is 7.79. The van der Waals surface area contributed by atoms with Crippen molar-refractivity contribution in [1.82, 2.24) is 5.32 Å². The van der Waals surface area contributed by atoms with E-state index < -0.39 is 0 Å². The van der Waals surface area contributed by atoms with Gasteiger partial charge in [-0.25, -0.2) is 0 Å². The minimum atomic E-state index is 0.698. The molecule has 106 valence electrons. The summed E-state index contributed by atoms with van der Waals surface area (Å²) in [6, 6.07) is 9.44. The zero-order valence-electron chi connectivity index (χ0n) is 12.3. The van der Waals surface area contributed by atoms with E-state index in [0.29, 0.717) is 12.0 Å². The van der Waals surface area contributed by atoms with Crippen LogP contribution in [0.2, 0.25) is 0 Å². The highest BCUT2D eigenvalue weighted by Gasteiger charge is 2.20. The van der Waals surface area contributed by atoms with Crippen molar-refractivity contribution in [1.29, 1.82) is 0 Å². The summed E-state index contributed by atoms with van der Waals surface area (Å²) in [5.74, 6) is 1.70. The van der Waals surface area contributed by atoms with Crippen molar-refractivity contribution in [2.75, 3.05) is 13.2 Å². The van der Waals surface area contributed by atoms with E-state index in [0.717, 1.165) is 18.9 Å². The number of hydrogen-bond donors (Lipinski definition) is 1. The van der Waals surface area contributed by atoms with E-state index in [-0.39, 0.29) is 0 Å². The molecule has 1 aliphatic rings. The fourth-order valence-corrected chi connectivity index (χ4v) is 3.14. The molecule has 0 aliphatic heterocycles. The highest BCUT2D eigenvalue weighted by Crippen LogP contribution is 2.32. The Morgan fingerprint density at radius 1 is 1.11 bits per heavy atom. The normalized spacial score (nSPS) is 23.9. The standard InChI is InChI=1S/C17H27NO/c1-3-18-16-8-6-5-7-15(13-16)14-9-11-17(12-10-14)19-4-2/h9-12,15-16,18H,3-8,13H2,1-2H3. The lowest BCUT2D eigenvalue weighted by atomic mass is 9.90. The third kappa shape index (κ3) is 4.24. The number of nitrogens with one attached hydrogen (secondary N) is 1. The average molecular weight is 261 g/mol.